The molecule has 2 heterocycles. The molecule has 9 heteroatoms. The van der Waals surface area contributed by atoms with E-state index in [1.165, 1.54) is 17.4 Å². The van der Waals surface area contributed by atoms with Gasteiger partial charge in [0.25, 0.3) is 0 Å². The molecule has 2 amide bonds. The monoisotopic (exact) mass is 696 g/mol. The zero-order valence-corrected chi connectivity index (χ0v) is 28.7. The molecule has 2 aliphatic carbocycles. The lowest BCUT2D eigenvalue weighted by atomic mass is 9.82. The highest BCUT2D eigenvalue weighted by Gasteiger charge is 2.60. The van der Waals surface area contributed by atoms with Crippen molar-refractivity contribution >= 4 is 51.8 Å². The Morgan fingerprint density at radius 1 is 0.902 bits per heavy atom. The van der Waals surface area contributed by atoms with Crippen molar-refractivity contribution in [2.45, 2.75) is 33.0 Å². The van der Waals surface area contributed by atoms with E-state index in [4.69, 9.17) is 26.1 Å². The molecule has 5 atom stereocenters. The lowest BCUT2D eigenvalue weighted by Gasteiger charge is -2.19. The van der Waals surface area contributed by atoms with E-state index in [1.54, 1.807) is 72.8 Å². The molecule has 5 aromatic rings. The summed E-state index contributed by atoms with van der Waals surface area (Å²) in [6.07, 6.45) is 1.95. The third-order valence-corrected chi connectivity index (χ3v) is 10.6. The van der Waals surface area contributed by atoms with E-state index in [-0.39, 0.29) is 46.8 Å². The number of Topliss-reactive ketones (excluding diaryl/α,β-unsaturated/α-hetero) is 1. The molecule has 8 nitrogen and oxygen atoms in total. The van der Waals surface area contributed by atoms with Crippen LogP contribution in [0, 0.1) is 23.7 Å². The number of nitrogens with zero attached hydrogens (tertiary/aromatic N) is 2. The normalized spacial score (nSPS) is 21.1. The topological polar surface area (TPSA) is 103 Å². The van der Waals surface area contributed by atoms with Gasteiger partial charge < -0.3 is 9.47 Å². The Labute approximate surface area is 299 Å². The van der Waals surface area contributed by atoms with E-state index in [0.29, 0.717) is 50.8 Å². The van der Waals surface area contributed by atoms with E-state index in [2.05, 4.69) is 6.08 Å². The molecule has 254 valence electrons. The number of esters is 1. The van der Waals surface area contributed by atoms with Gasteiger partial charge >= 0.3 is 5.97 Å². The molecule has 0 radical (unpaired) electrons. The van der Waals surface area contributed by atoms with Gasteiger partial charge in [-0.1, -0.05) is 65.7 Å². The van der Waals surface area contributed by atoms with Gasteiger partial charge in [-0.2, -0.15) is 0 Å². The number of anilines is 1. The van der Waals surface area contributed by atoms with E-state index in [0.717, 1.165) is 12.0 Å². The van der Waals surface area contributed by atoms with Crippen LogP contribution in [-0.4, -0.2) is 34.7 Å². The molecule has 8 rings (SSSR count). The average molecular weight is 697 g/mol. The Hall–Kier alpha value is -5.60. The molecule has 1 saturated carbocycles. The minimum Gasteiger partial charge on any atom is -0.489 e. The second-order valence-corrected chi connectivity index (χ2v) is 13.9. The summed E-state index contributed by atoms with van der Waals surface area (Å²) >= 11 is 6.32. The fourth-order valence-electron chi connectivity index (χ4n) is 7.79. The van der Waals surface area contributed by atoms with Crippen molar-refractivity contribution in [2.24, 2.45) is 23.7 Å². The molecule has 2 fully saturated rings. The minimum atomic E-state index is -1.08. The number of benzene rings is 4. The molecule has 0 spiro atoms. The number of imide groups is 1. The van der Waals surface area contributed by atoms with Crippen LogP contribution in [0.4, 0.5) is 5.69 Å². The number of amides is 2. The summed E-state index contributed by atoms with van der Waals surface area (Å²) in [7, 11) is 0. The molecule has 1 aromatic heterocycles. The van der Waals surface area contributed by atoms with Gasteiger partial charge in [-0.3, -0.25) is 19.3 Å². The van der Waals surface area contributed by atoms with Crippen molar-refractivity contribution < 1.29 is 28.7 Å². The van der Waals surface area contributed by atoms with E-state index < -0.39 is 12.1 Å². The third kappa shape index (κ3) is 5.89. The lowest BCUT2D eigenvalue weighted by molar-refractivity contribution is -0.123. The average Bonchev–Trinajstić information content (AvgIpc) is 3.79. The molecule has 2 bridgehead atoms. The molecule has 51 heavy (non-hydrogen) atoms. The molecule has 1 saturated heterocycles. The number of aromatic nitrogens is 1. The number of carbonyl (C=O) groups is 4. The molecule has 3 aliphatic rings. The van der Waals surface area contributed by atoms with Crippen LogP contribution in [0.25, 0.3) is 22.2 Å². The largest absolute Gasteiger partial charge is 0.489 e. The molecule has 0 N–H and O–H groups in total. The first-order valence-electron chi connectivity index (χ1n) is 16.9. The van der Waals surface area contributed by atoms with Gasteiger partial charge in [0.15, 0.2) is 6.10 Å². The van der Waals surface area contributed by atoms with Crippen LogP contribution in [0.2, 0.25) is 5.02 Å². The number of ketones is 1. The molecule has 5 unspecified atom stereocenters. The summed E-state index contributed by atoms with van der Waals surface area (Å²) in [4.78, 5) is 60.0. The smallest absolute Gasteiger partial charge is 0.339 e. The van der Waals surface area contributed by atoms with Crippen LogP contribution in [0.1, 0.15) is 46.5 Å². The molecule has 1 aliphatic heterocycles. The number of ether oxygens (including phenoxy) is 2. The Balaban J connectivity index is 1.00. The summed E-state index contributed by atoms with van der Waals surface area (Å²) in [5.41, 5.74) is 4.97. The predicted octanol–water partition coefficient (Wildman–Crippen LogP) is 8.26. The standard InChI is InChI=1S/C42H33ClN2O6/c1-23-18-28-19-32(23)38-37(28)40(47)45(41(38)48)30-13-8-26(9-14-30)36-21-34(33-20-29(43)12-17-35(33)44-36)42(49)51-24(2)39(46)27-10-15-31(16-11-27)50-22-25-6-4-3-5-7-25/h3-18,20-21,24,28,32,37-38H,19,22H2,1-2H3. The van der Waals surface area contributed by atoms with E-state index in [9.17, 15) is 19.2 Å². The Morgan fingerprint density at radius 3 is 2.37 bits per heavy atom. The summed E-state index contributed by atoms with van der Waals surface area (Å²) in [6.45, 7) is 3.98. The van der Waals surface area contributed by atoms with E-state index in [1.807, 2.05) is 37.3 Å². The molecule has 4 aromatic carbocycles. The summed E-state index contributed by atoms with van der Waals surface area (Å²) in [6, 6.07) is 30.2. The van der Waals surface area contributed by atoms with Crippen LogP contribution >= 0.6 is 11.6 Å². The zero-order valence-electron chi connectivity index (χ0n) is 27.9. The highest BCUT2D eigenvalue weighted by molar-refractivity contribution is 6.31. The SMILES string of the molecule is CC1=CC2CC1C1C(=O)N(c3ccc(-c4cc(C(=O)OC(C)C(=O)c5ccc(OCc6ccccc6)cc5)c5cc(Cl)ccc5n4)cc3)C(=O)C21. The Kier molecular flexibility index (Phi) is 8.27. The molecular weight excluding hydrogens is 664 g/mol. The first kappa shape index (κ1) is 32.6. The van der Waals surface area contributed by atoms with Crippen LogP contribution in [0.3, 0.4) is 0 Å². The number of allylic oxidation sites excluding steroid dienone is 2. The van der Waals surface area contributed by atoms with Crippen LogP contribution in [0.15, 0.2) is 115 Å². The quantitative estimate of drug-likeness (QED) is 0.0662. The number of hydrogen-bond acceptors (Lipinski definition) is 7. The molecular formula is C42H33ClN2O6. The van der Waals surface area contributed by atoms with Gasteiger partial charge in [-0.15, -0.1) is 0 Å². The minimum absolute atomic E-state index is 0.123. The third-order valence-electron chi connectivity index (χ3n) is 10.3. The lowest BCUT2D eigenvalue weighted by Crippen LogP contribution is -2.32. The Bertz CT molecular complexity index is 2250. The maximum atomic E-state index is 13.7. The van der Waals surface area contributed by atoms with Crippen LogP contribution in [0.5, 0.6) is 5.75 Å². The van der Waals surface area contributed by atoms with Crippen molar-refractivity contribution in [3.05, 3.63) is 136 Å². The number of halogens is 1. The highest BCUT2D eigenvalue weighted by Crippen LogP contribution is 2.56. The summed E-state index contributed by atoms with van der Waals surface area (Å²) in [5, 5.41) is 0.892. The predicted molar refractivity (Wildman–Crippen MR) is 193 cm³/mol. The second-order valence-electron chi connectivity index (χ2n) is 13.5. The summed E-state index contributed by atoms with van der Waals surface area (Å²) < 4.78 is 11.6. The summed E-state index contributed by atoms with van der Waals surface area (Å²) in [5.74, 6) is -1.06. The fourth-order valence-corrected chi connectivity index (χ4v) is 7.97. The van der Waals surface area contributed by atoms with E-state index >= 15 is 0 Å². The fraction of sp³-hybridized carbons (Fsp3) is 0.214. The Morgan fingerprint density at radius 2 is 1.63 bits per heavy atom. The number of hydrogen-bond donors (Lipinski definition) is 0. The van der Waals surface area contributed by atoms with Crippen molar-refractivity contribution in [2.75, 3.05) is 4.90 Å². The van der Waals surface area contributed by atoms with Crippen molar-refractivity contribution in [1.29, 1.82) is 0 Å². The maximum absolute atomic E-state index is 13.7. The van der Waals surface area contributed by atoms with Gasteiger partial charge in [0.05, 0.1) is 34.3 Å². The number of carbonyl (C=O) groups excluding carboxylic acids is 4. The second kappa shape index (κ2) is 12.9. The van der Waals surface area contributed by atoms with Crippen molar-refractivity contribution in [1.82, 2.24) is 4.98 Å². The van der Waals surface area contributed by atoms with Crippen molar-refractivity contribution in [3.8, 4) is 17.0 Å². The van der Waals surface area contributed by atoms with Gasteiger partial charge in [0.1, 0.15) is 12.4 Å². The number of pyridine rings is 1. The first-order chi connectivity index (χ1) is 24.7. The van der Waals surface area contributed by atoms with Gasteiger partial charge in [-0.05, 0) is 98.3 Å². The van der Waals surface area contributed by atoms with Gasteiger partial charge in [-0.25, -0.2) is 9.78 Å². The number of rotatable bonds is 9. The van der Waals surface area contributed by atoms with Gasteiger partial charge in [0.2, 0.25) is 17.6 Å². The zero-order chi connectivity index (χ0) is 35.4. The maximum Gasteiger partial charge on any atom is 0.339 e. The van der Waals surface area contributed by atoms with Gasteiger partial charge in [0, 0.05) is 21.5 Å². The highest BCUT2D eigenvalue weighted by atomic mass is 35.5. The number of fused-ring (bicyclic) bond motifs is 6. The van der Waals surface area contributed by atoms with Crippen LogP contribution in [-0.2, 0) is 20.9 Å². The van der Waals surface area contributed by atoms with Crippen molar-refractivity contribution in [3.63, 3.8) is 0 Å². The first-order valence-corrected chi connectivity index (χ1v) is 17.3. The van der Waals surface area contributed by atoms with Crippen LogP contribution < -0.4 is 9.64 Å².